The zero-order chi connectivity index (χ0) is 12.3. The zero-order valence-electron chi connectivity index (χ0n) is 10.0. The van der Waals surface area contributed by atoms with E-state index in [1.54, 1.807) is 18.5 Å². The predicted molar refractivity (Wildman–Crippen MR) is 70.9 cm³/mol. The van der Waals surface area contributed by atoms with Gasteiger partial charge in [0.2, 0.25) is 0 Å². The Labute approximate surface area is 110 Å². The first-order chi connectivity index (χ1) is 8.09. The van der Waals surface area contributed by atoms with Gasteiger partial charge in [-0.05, 0) is 41.8 Å². The number of halogens is 1. The van der Waals surface area contributed by atoms with Crippen LogP contribution in [0.3, 0.4) is 0 Å². The molecule has 0 aromatic carbocycles. The van der Waals surface area contributed by atoms with Crippen molar-refractivity contribution in [3.05, 3.63) is 28.5 Å². The summed E-state index contributed by atoms with van der Waals surface area (Å²) in [7, 11) is 0. The Morgan fingerprint density at radius 3 is 2.71 bits per heavy atom. The minimum Gasteiger partial charge on any atom is -0.347 e. The van der Waals surface area contributed by atoms with E-state index < -0.39 is 0 Å². The Kier molecular flexibility index (Phi) is 3.82. The standard InChI is InChI=1S/C13H17BrN2O/c1-13(5-3-2-4-6-13)16-12(17)10-7-11(14)9-15-8-10/h7-9H,2-6H2,1H3,(H,16,17). The van der Waals surface area contributed by atoms with Gasteiger partial charge in [-0.1, -0.05) is 19.3 Å². The summed E-state index contributed by atoms with van der Waals surface area (Å²) in [5, 5.41) is 3.14. The summed E-state index contributed by atoms with van der Waals surface area (Å²) < 4.78 is 0.832. The Hall–Kier alpha value is -0.900. The van der Waals surface area contributed by atoms with Crippen molar-refractivity contribution in [1.29, 1.82) is 0 Å². The molecule has 0 unspecified atom stereocenters. The molecular weight excluding hydrogens is 280 g/mol. The zero-order valence-corrected chi connectivity index (χ0v) is 11.6. The first-order valence-electron chi connectivity index (χ1n) is 6.02. The Bertz CT molecular complexity index is 414. The first-order valence-corrected chi connectivity index (χ1v) is 6.81. The summed E-state index contributed by atoms with van der Waals surface area (Å²) in [4.78, 5) is 16.1. The highest BCUT2D eigenvalue weighted by atomic mass is 79.9. The van der Waals surface area contributed by atoms with Crippen LogP contribution in [-0.4, -0.2) is 16.4 Å². The maximum atomic E-state index is 12.1. The van der Waals surface area contributed by atoms with Crippen LogP contribution in [0.4, 0.5) is 0 Å². The third-order valence-electron chi connectivity index (χ3n) is 3.34. The average molecular weight is 297 g/mol. The second-order valence-electron chi connectivity index (χ2n) is 4.97. The van der Waals surface area contributed by atoms with Gasteiger partial charge < -0.3 is 5.32 Å². The van der Waals surface area contributed by atoms with Gasteiger partial charge in [-0.25, -0.2) is 0 Å². The lowest BCUT2D eigenvalue weighted by atomic mass is 9.83. The normalized spacial score (nSPS) is 18.7. The van der Waals surface area contributed by atoms with Crippen molar-refractivity contribution < 1.29 is 4.79 Å². The summed E-state index contributed by atoms with van der Waals surface area (Å²) in [5.74, 6) is -0.0248. The summed E-state index contributed by atoms with van der Waals surface area (Å²) in [5.41, 5.74) is 0.573. The maximum Gasteiger partial charge on any atom is 0.253 e. The minimum atomic E-state index is -0.0440. The van der Waals surface area contributed by atoms with Crippen molar-refractivity contribution >= 4 is 21.8 Å². The van der Waals surface area contributed by atoms with Crippen molar-refractivity contribution in [1.82, 2.24) is 10.3 Å². The molecule has 0 radical (unpaired) electrons. The largest absolute Gasteiger partial charge is 0.347 e. The SMILES string of the molecule is CC1(NC(=O)c2cncc(Br)c2)CCCCC1. The van der Waals surface area contributed by atoms with Crippen LogP contribution >= 0.6 is 15.9 Å². The molecule has 2 rings (SSSR count). The van der Waals surface area contributed by atoms with Gasteiger partial charge in [0.1, 0.15) is 0 Å². The number of nitrogens with zero attached hydrogens (tertiary/aromatic N) is 1. The van der Waals surface area contributed by atoms with Gasteiger partial charge in [0, 0.05) is 22.4 Å². The molecule has 1 amide bonds. The second kappa shape index (κ2) is 5.17. The van der Waals surface area contributed by atoms with Gasteiger partial charge in [-0.2, -0.15) is 0 Å². The highest BCUT2D eigenvalue weighted by Crippen LogP contribution is 2.27. The maximum absolute atomic E-state index is 12.1. The van der Waals surface area contributed by atoms with Gasteiger partial charge in [-0.15, -0.1) is 0 Å². The number of carbonyl (C=O) groups is 1. The molecule has 1 aromatic rings. The van der Waals surface area contributed by atoms with Crippen LogP contribution in [0.25, 0.3) is 0 Å². The van der Waals surface area contributed by atoms with Crippen molar-refractivity contribution in [3.63, 3.8) is 0 Å². The molecule has 1 N–H and O–H groups in total. The topological polar surface area (TPSA) is 42.0 Å². The van der Waals surface area contributed by atoms with Crippen molar-refractivity contribution in [3.8, 4) is 0 Å². The number of amides is 1. The highest BCUT2D eigenvalue weighted by Gasteiger charge is 2.28. The van der Waals surface area contributed by atoms with E-state index in [0.717, 1.165) is 17.3 Å². The molecule has 1 aromatic heterocycles. The van der Waals surface area contributed by atoms with Gasteiger partial charge >= 0.3 is 0 Å². The van der Waals surface area contributed by atoms with Crippen LogP contribution < -0.4 is 5.32 Å². The van der Waals surface area contributed by atoms with Crippen LogP contribution in [0.5, 0.6) is 0 Å². The van der Waals surface area contributed by atoms with Crippen molar-refractivity contribution in [2.24, 2.45) is 0 Å². The van der Waals surface area contributed by atoms with Crippen LogP contribution in [0.1, 0.15) is 49.4 Å². The van der Waals surface area contributed by atoms with Crippen LogP contribution in [0.15, 0.2) is 22.9 Å². The fraction of sp³-hybridized carbons (Fsp3) is 0.538. The van der Waals surface area contributed by atoms with Crippen molar-refractivity contribution in [2.75, 3.05) is 0 Å². The quantitative estimate of drug-likeness (QED) is 0.910. The first kappa shape index (κ1) is 12.6. The van der Waals surface area contributed by atoms with Gasteiger partial charge in [0.25, 0.3) is 5.91 Å². The lowest BCUT2D eigenvalue weighted by molar-refractivity contribution is 0.0882. The van der Waals surface area contributed by atoms with Crippen LogP contribution in [0, 0.1) is 0 Å². The monoisotopic (exact) mass is 296 g/mol. The Morgan fingerprint density at radius 2 is 2.06 bits per heavy atom. The number of rotatable bonds is 2. The number of hydrogen-bond acceptors (Lipinski definition) is 2. The summed E-state index contributed by atoms with van der Waals surface area (Å²) in [6.45, 7) is 2.13. The molecule has 1 aliphatic carbocycles. The van der Waals surface area contributed by atoms with Crippen LogP contribution in [-0.2, 0) is 0 Å². The molecular formula is C13H17BrN2O. The Morgan fingerprint density at radius 1 is 1.35 bits per heavy atom. The molecule has 0 spiro atoms. The number of aromatic nitrogens is 1. The molecule has 0 bridgehead atoms. The van der Waals surface area contributed by atoms with E-state index in [-0.39, 0.29) is 11.4 Å². The third kappa shape index (κ3) is 3.28. The fourth-order valence-electron chi connectivity index (χ4n) is 2.34. The molecule has 1 aliphatic rings. The molecule has 4 heteroatoms. The predicted octanol–water partition coefficient (Wildman–Crippen LogP) is 3.30. The molecule has 0 saturated heterocycles. The van der Waals surface area contributed by atoms with Gasteiger partial charge in [0.05, 0.1) is 5.56 Å². The number of nitrogens with one attached hydrogen (secondary N) is 1. The number of carbonyl (C=O) groups excluding carboxylic acids is 1. The molecule has 1 fully saturated rings. The van der Waals surface area contributed by atoms with E-state index in [1.165, 1.54) is 19.3 Å². The molecule has 17 heavy (non-hydrogen) atoms. The summed E-state index contributed by atoms with van der Waals surface area (Å²) >= 11 is 3.33. The molecule has 0 aliphatic heterocycles. The molecule has 0 atom stereocenters. The van der Waals surface area contributed by atoms with E-state index in [0.29, 0.717) is 5.56 Å². The van der Waals surface area contributed by atoms with Crippen molar-refractivity contribution in [2.45, 2.75) is 44.6 Å². The molecule has 1 saturated carbocycles. The van der Waals surface area contributed by atoms with Gasteiger partial charge in [0.15, 0.2) is 0 Å². The fourth-order valence-corrected chi connectivity index (χ4v) is 2.70. The van der Waals surface area contributed by atoms with E-state index in [9.17, 15) is 4.79 Å². The third-order valence-corrected chi connectivity index (χ3v) is 3.77. The van der Waals surface area contributed by atoms with E-state index in [4.69, 9.17) is 0 Å². The number of pyridine rings is 1. The summed E-state index contributed by atoms with van der Waals surface area (Å²) in [6, 6.07) is 1.80. The second-order valence-corrected chi connectivity index (χ2v) is 5.88. The van der Waals surface area contributed by atoms with E-state index >= 15 is 0 Å². The lowest BCUT2D eigenvalue weighted by Crippen LogP contribution is -2.47. The molecule has 3 nitrogen and oxygen atoms in total. The lowest BCUT2D eigenvalue weighted by Gasteiger charge is -2.34. The average Bonchev–Trinajstić information content (AvgIpc) is 2.29. The summed E-state index contributed by atoms with van der Waals surface area (Å²) in [6.07, 6.45) is 9.11. The highest BCUT2D eigenvalue weighted by molar-refractivity contribution is 9.10. The molecule has 92 valence electrons. The Balaban J connectivity index is 2.06. The molecule has 1 heterocycles. The van der Waals surface area contributed by atoms with E-state index in [2.05, 4.69) is 33.2 Å². The van der Waals surface area contributed by atoms with Gasteiger partial charge in [-0.3, -0.25) is 9.78 Å². The number of hydrogen-bond donors (Lipinski definition) is 1. The minimum absolute atomic E-state index is 0.0248. The van der Waals surface area contributed by atoms with E-state index in [1.807, 2.05) is 0 Å². The van der Waals surface area contributed by atoms with Crippen LogP contribution in [0.2, 0.25) is 0 Å². The smallest absolute Gasteiger partial charge is 0.253 e.